The average Bonchev–Trinajstić information content (AvgIpc) is 3.19. The topological polar surface area (TPSA) is 66.9 Å². The fourth-order valence-corrected chi connectivity index (χ4v) is 2.72. The first-order valence-electron chi connectivity index (χ1n) is 6.64. The molecule has 1 atom stereocenters. The Balaban J connectivity index is 1.58. The summed E-state index contributed by atoms with van der Waals surface area (Å²) in [5, 5.41) is 7.83. The molecule has 1 saturated carbocycles. The number of rotatable bonds is 5. The Labute approximate surface area is 121 Å². The van der Waals surface area contributed by atoms with E-state index in [0.29, 0.717) is 12.5 Å². The van der Waals surface area contributed by atoms with Gasteiger partial charge in [0.15, 0.2) is 0 Å². The number of carbonyl (C=O) groups is 1. The molecule has 1 unspecified atom stereocenters. The van der Waals surface area contributed by atoms with Gasteiger partial charge >= 0.3 is 6.03 Å². The Morgan fingerprint density at radius 2 is 2.20 bits per heavy atom. The number of amides is 2. The molecule has 20 heavy (non-hydrogen) atoms. The van der Waals surface area contributed by atoms with Crippen molar-refractivity contribution in [1.29, 1.82) is 0 Å². The highest BCUT2D eigenvalue weighted by molar-refractivity contribution is 7.07. The number of hydrogen-bond donors (Lipinski definition) is 2. The highest BCUT2D eigenvalue weighted by Gasteiger charge is 2.33. The van der Waals surface area contributed by atoms with Gasteiger partial charge in [-0.15, -0.1) is 11.3 Å². The van der Waals surface area contributed by atoms with Crippen molar-refractivity contribution in [1.82, 2.24) is 20.6 Å². The third-order valence-corrected chi connectivity index (χ3v) is 3.99. The monoisotopic (exact) mass is 288 g/mol. The van der Waals surface area contributed by atoms with E-state index in [1.807, 2.05) is 17.5 Å². The maximum Gasteiger partial charge on any atom is 0.315 e. The van der Waals surface area contributed by atoms with Crippen molar-refractivity contribution < 1.29 is 4.79 Å². The summed E-state index contributed by atoms with van der Waals surface area (Å²) >= 11 is 1.53. The second-order valence-electron chi connectivity index (χ2n) is 4.90. The zero-order valence-electron chi connectivity index (χ0n) is 11.0. The van der Waals surface area contributed by atoms with Crippen LogP contribution in [0.2, 0.25) is 0 Å². The number of aromatic nitrogens is 2. The summed E-state index contributed by atoms with van der Waals surface area (Å²) in [6, 6.07) is 3.85. The summed E-state index contributed by atoms with van der Waals surface area (Å²) in [7, 11) is 0. The standard InChI is InChI=1S/C14H16N4OS/c19-14(16-7-12-8-20-9-17-12)18-13(10-1-2-10)11-3-5-15-6-4-11/h3-6,8-10,13H,1-2,7H2,(H2,16,18,19). The molecule has 2 heterocycles. The third-order valence-electron chi connectivity index (χ3n) is 3.36. The summed E-state index contributed by atoms with van der Waals surface area (Å²) in [4.78, 5) is 20.2. The maximum atomic E-state index is 12.0. The van der Waals surface area contributed by atoms with Crippen molar-refractivity contribution in [3.63, 3.8) is 0 Å². The van der Waals surface area contributed by atoms with Gasteiger partial charge in [0.2, 0.25) is 0 Å². The first-order chi connectivity index (χ1) is 9.83. The number of thiazole rings is 1. The first-order valence-corrected chi connectivity index (χ1v) is 7.58. The Morgan fingerprint density at radius 1 is 1.40 bits per heavy atom. The van der Waals surface area contributed by atoms with E-state index in [1.165, 1.54) is 24.2 Å². The lowest BCUT2D eigenvalue weighted by Gasteiger charge is -2.18. The van der Waals surface area contributed by atoms with Crippen molar-refractivity contribution in [2.45, 2.75) is 25.4 Å². The van der Waals surface area contributed by atoms with Crippen LogP contribution in [0.25, 0.3) is 0 Å². The highest BCUT2D eigenvalue weighted by atomic mass is 32.1. The predicted octanol–water partition coefficient (Wildman–Crippen LogP) is 2.49. The second kappa shape index (κ2) is 6.00. The van der Waals surface area contributed by atoms with Gasteiger partial charge < -0.3 is 10.6 Å². The zero-order chi connectivity index (χ0) is 13.8. The van der Waals surface area contributed by atoms with Gasteiger partial charge in [0.05, 0.1) is 23.8 Å². The minimum atomic E-state index is -0.147. The number of nitrogens with one attached hydrogen (secondary N) is 2. The molecule has 2 N–H and O–H groups in total. The quantitative estimate of drug-likeness (QED) is 0.888. The lowest BCUT2D eigenvalue weighted by atomic mass is 10.0. The minimum Gasteiger partial charge on any atom is -0.332 e. The molecule has 2 aromatic heterocycles. The average molecular weight is 288 g/mol. The maximum absolute atomic E-state index is 12.0. The molecule has 3 rings (SSSR count). The molecule has 1 aliphatic carbocycles. The van der Waals surface area contributed by atoms with Crippen LogP contribution in [-0.2, 0) is 6.54 Å². The SMILES string of the molecule is O=C(NCc1cscn1)NC(c1ccncc1)C1CC1. The molecular weight excluding hydrogens is 272 g/mol. The van der Waals surface area contributed by atoms with E-state index in [9.17, 15) is 4.79 Å². The van der Waals surface area contributed by atoms with E-state index in [1.54, 1.807) is 17.9 Å². The van der Waals surface area contributed by atoms with Gasteiger partial charge in [-0.1, -0.05) is 0 Å². The molecule has 0 aromatic carbocycles. The molecule has 2 amide bonds. The molecule has 0 aliphatic heterocycles. The van der Waals surface area contributed by atoms with Gasteiger partial charge in [-0.3, -0.25) is 4.98 Å². The van der Waals surface area contributed by atoms with Crippen LogP contribution >= 0.6 is 11.3 Å². The van der Waals surface area contributed by atoms with E-state index in [-0.39, 0.29) is 12.1 Å². The van der Waals surface area contributed by atoms with Crippen LogP contribution in [0.15, 0.2) is 35.4 Å². The third kappa shape index (κ3) is 3.33. The van der Waals surface area contributed by atoms with Crippen LogP contribution in [0, 0.1) is 5.92 Å². The van der Waals surface area contributed by atoms with Gasteiger partial charge in [0.1, 0.15) is 0 Å². The lowest BCUT2D eigenvalue weighted by molar-refractivity contribution is 0.235. The summed E-state index contributed by atoms with van der Waals surface area (Å²) in [6.07, 6.45) is 5.86. The van der Waals surface area contributed by atoms with E-state index >= 15 is 0 Å². The fraction of sp³-hybridized carbons (Fsp3) is 0.357. The smallest absolute Gasteiger partial charge is 0.315 e. The van der Waals surface area contributed by atoms with E-state index in [4.69, 9.17) is 0 Å². The Bertz CT molecular complexity index is 554. The highest BCUT2D eigenvalue weighted by Crippen LogP contribution is 2.40. The molecule has 0 radical (unpaired) electrons. The van der Waals surface area contributed by atoms with Crippen molar-refractivity contribution in [3.8, 4) is 0 Å². The Morgan fingerprint density at radius 3 is 2.85 bits per heavy atom. The van der Waals surface area contributed by atoms with Crippen LogP contribution < -0.4 is 10.6 Å². The molecule has 1 aliphatic rings. The Kier molecular flexibility index (Phi) is 3.92. The van der Waals surface area contributed by atoms with Crippen molar-refractivity contribution in [2.24, 2.45) is 5.92 Å². The number of hydrogen-bond acceptors (Lipinski definition) is 4. The molecule has 6 heteroatoms. The number of urea groups is 1. The summed E-state index contributed by atoms with van der Waals surface area (Å²) in [5.41, 5.74) is 3.77. The number of carbonyl (C=O) groups excluding carboxylic acids is 1. The molecule has 0 bridgehead atoms. The largest absolute Gasteiger partial charge is 0.332 e. The van der Waals surface area contributed by atoms with E-state index < -0.39 is 0 Å². The molecule has 1 fully saturated rings. The van der Waals surface area contributed by atoms with Crippen LogP contribution in [0.4, 0.5) is 4.79 Å². The molecule has 104 valence electrons. The fourth-order valence-electron chi connectivity index (χ4n) is 2.16. The van der Waals surface area contributed by atoms with Gasteiger partial charge in [-0.25, -0.2) is 9.78 Å². The van der Waals surface area contributed by atoms with E-state index in [2.05, 4.69) is 20.6 Å². The predicted molar refractivity (Wildman–Crippen MR) is 77.2 cm³/mol. The zero-order valence-corrected chi connectivity index (χ0v) is 11.8. The number of pyridine rings is 1. The first kappa shape index (κ1) is 13.1. The van der Waals surface area contributed by atoms with Gasteiger partial charge in [0, 0.05) is 17.8 Å². The van der Waals surface area contributed by atoms with Gasteiger partial charge in [-0.05, 0) is 36.5 Å². The van der Waals surface area contributed by atoms with Gasteiger partial charge in [0.25, 0.3) is 0 Å². The minimum absolute atomic E-state index is 0.0773. The Hall–Kier alpha value is -1.95. The van der Waals surface area contributed by atoms with Crippen LogP contribution in [0.3, 0.4) is 0 Å². The summed E-state index contributed by atoms with van der Waals surface area (Å²) < 4.78 is 0. The van der Waals surface area contributed by atoms with Crippen molar-refractivity contribution >= 4 is 17.4 Å². The second-order valence-corrected chi connectivity index (χ2v) is 5.62. The van der Waals surface area contributed by atoms with Gasteiger partial charge in [-0.2, -0.15) is 0 Å². The summed E-state index contributed by atoms with van der Waals surface area (Å²) in [6.45, 7) is 0.461. The lowest BCUT2D eigenvalue weighted by Crippen LogP contribution is -2.38. The van der Waals surface area contributed by atoms with Crippen LogP contribution in [-0.4, -0.2) is 16.0 Å². The molecule has 5 nitrogen and oxygen atoms in total. The van der Waals surface area contributed by atoms with Crippen molar-refractivity contribution in [2.75, 3.05) is 0 Å². The molecule has 2 aromatic rings. The normalized spacial score (nSPS) is 15.6. The number of nitrogens with zero attached hydrogens (tertiary/aromatic N) is 2. The molecular formula is C14H16N4OS. The molecule has 0 spiro atoms. The molecule has 0 saturated heterocycles. The van der Waals surface area contributed by atoms with Crippen LogP contribution in [0.1, 0.15) is 30.1 Å². The van der Waals surface area contributed by atoms with Crippen molar-refractivity contribution in [3.05, 3.63) is 46.7 Å². The van der Waals surface area contributed by atoms with Crippen LogP contribution in [0.5, 0.6) is 0 Å². The summed E-state index contributed by atoms with van der Waals surface area (Å²) in [5.74, 6) is 0.544. The van der Waals surface area contributed by atoms with E-state index in [0.717, 1.165) is 11.3 Å².